The average molecular weight is 611 g/mol. The maximum Gasteiger partial charge on any atom is 0.416 e. The normalized spacial score (nSPS) is 12.8. The number of nitrogens with zero attached hydrogens (tertiary/aromatic N) is 1. The summed E-state index contributed by atoms with van der Waals surface area (Å²) in [6.45, 7) is 0. The Hall–Kier alpha value is -3.67. The molecule has 4 aromatic rings. The van der Waals surface area contributed by atoms with Crippen molar-refractivity contribution in [2.24, 2.45) is 0 Å². The van der Waals surface area contributed by atoms with Gasteiger partial charge in [0.25, 0.3) is 5.91 Å². The van der Waals surface area contributed by atoms with Gasteiger partial charge in [-0.3, -0.25) is 4.79 Å². The number of pyridine rings is 1. The molecule has 1 amide bonds. The van der Waals surface area contributed by atoms with Crippen molar-refractivity contribution in [1.29, 1.82) is 0 Å². The van der Waals surface area contributed by atoms with Gasteiger partial charge in [0.15, 0.2) is 9.84 Å². The van der Waals surface area contributed by atoms with Gasteiger partial charge in [0.05, 0.1) is 32.3 Å². The van der Waals surface area contributed by atoms with Crippen LogP contribution in [-0.2, 0) is 27.2 Å². The highest BCUT2D eigenvalue weighted by molar-refractivity contribution is 7.90. The molecule has 0 spiro atoms. The third-order valence-electron chi connectivity index (χ3n) is 5.98. The predicted octanol–water partition coefficient (Wildman–Crippen LogP) is 6.06. The minimum absolute atomic E-state index is 0.0907. The van der Waals surface area contributed by atoms with Crippen molar-refractivity contribution in [2.45, 2.75) is 23.5 Å². The summed E-state index contributed by atoms with van der Waals surface area (Å²) in [6.07, 6.45) is -3.68. The van der Waals surface area contributed by atoms with Gasteiger partial charge in [-0.05, 0) is 60.2 Å². The highest BCUT2D eigenvalue weighted by atomic mass is 35.5. The van der Waals surface area contributed by atoms with E-state index in [1.54, 1.807) is 24.3 Å². The van der Waals surface area contributed by atoms with Crippen LogP contribution in [0.15, 0.2) is 71.6 Å². The number of benzene rings is 3. The standard InChI is InChI=1S/C27H19Cl2F3N2O5S/c1-40(38,39)17-5-6-18(21(29)13-17)25(35)34-24(26(36)37)11-14-2-8-22-15(10-14)3-9-23(33-22)19-12-16(27(30,31)32)4-7-20(19)28/h2-10,12-13,24H,11H2,1H3,(H,34,35)(H,36,37). The molecule has 0 aliphatic heterocycles. The molecule has 1 atom stereocenters. The van der Waals surface area contributed by atoms with E-state index in [4.69, 9.17) is 23.2 Å². The minimum atomic E-state index is -4.55. The van der Waals surface area contributed by atoms with E-state index in [1.165, 1.54) is 18.2 Å². The lowest BCUT2D eigenvalue weighted by atomic mass is 10.0. The summed E-state index contributed by atoms with van der Waals surface area (Å²) in [6, 6.07) is 13.1. The Morgan fingerprint density at radius 2 is 1.70 bits per heavy atom. The fraction of sp³-hybridized carbons (Fsp3) is 0.148. The van der Waals surface area contributed by atoms with Crippen molar-refractivity contribution in [3.05, 3.63) is 93.5 Å². The Morgan fingerprint density at radius 3 is 2.33 bits per heavy atom. The number of fused-ring (bicyclic) bond motifs is 1. The molecule has 0 saturated heterocycles. The average Bonchev–Trinajstić information content (AvgIpc) is 2.86. The molecule has 0 radical (unpaired) electrons. The molecule has 7 nitrogen and oxygen atoms in total. The van der Waals surface area contributed by atoms with E-state index in [-0.39, 0.29) is 38.2 Å². The van der Waals surface area contributed by atoms with Crippen LogP contribution >= 0.6 is 23.2 Å². The first-order valence-electron chi connectivity index (χ1n) is 11.4. The molecule has 1 heterocycles. The fourth-order valence-corrected chi connectivity index (χ4v) is 5.12. The van der Waals surface area contributed by atoms with Crippen LogP contribution in [0.25, 0.3) is 22.2 Å². The van der Waals surface area contributed by atoms with Crippen LogP contribution in [0.5, 0.6) is 0 Å². The van der Waals surface area contributed by atoms with Gasteiger partial charge in [0.2, 0.25) is 0 Å². The number of hydrogen-bond donors (Lipinski definition) is 2. The number of halogens is 5. The number of amides is 1. The maximum absolute atomic E-state index is 13.2. The molecule has 0 saturated carbocycles. The van der Waals surface area contributed by atoms with Gasteiger partial charge >= 0.3 is 12.1 Å². The molecular weight excluding hydrogens is 592 g/mol. The molecule has 0 aliphatic carbocycles. The van der Waals surface area contributed by atoms with E-state index in [9.17, 15) is 36.3 Å². The minimum Gasteiger partial charge on any atom is -0.480 e. The molecule has 0 aliphatic rings. The molecule has 40 heavy (non-hydrogen) atoms. The highest BCUT2D eigenvalue weighted by Gasteiger charge is 2.31. The van der Waals surface area contributed by atoms with E-state index in [2.05, 4.69) is 10.3 Å². The second-order valence-corrected chi connectivity index (χ2v) is 11.7. The van der Waals surface area contributed by atoms with Gasteiger partial charge in [-0.25, -0.2) is 18.2 Å². The third kappa shape index (κ3) is 6.55. The zero-order valence-electron chi connectivity index (χ0n) is 20.5. The van der Waals surface area contributed by atoms with Crippen LogP contribution in [0.4, 0.5) is 13.2 Å². The topological polar surface area (TPSA) is 113 Å². The van der Waals surface area contributed by atoms with Crippen LogP contribution in [0, 0.1) is 0 Å². The van der Waals surface area contributed by atoms with Gasteiger partial charge in [-0.15, -0.1) is 0 Å². The number of alkyl halides is 3. The summed E-state index contributed by atoms with van der Waals surface area (Å²) >= 11 is 12.2. The lowest BCUT2D eigenvalue weighted by Gasteiger charge is -2.16. The van der Waals surface area contributed by atoms with E-state index >= 15 is 0 Å². The Balaban J connectivity index is 1.57. The van der Waals surface area contributed by atoms with Gasteiger partial charge in [0.1, 0.15) is 6.04 Å². The molecule has 1 unspecified atom stereocenters. The van der Waals surface area contributed by atoms with Gasteiger partial charge < -0.3 is 10.4 Å². The first-order valence-corrected chi connectivity index (χ1v) is 14.1. The van der Waals surface area contributed by atoms with Crippen molar-refractivity contribution in [3.8, 4) is 11.3 Å². The first-order chi connectivity index (χ1) is 18.6. The van der Waals surface area contributed by atoms with Crippen molar-refractivity contribution in [1.82, 2.24) is 10.3 Å². The lowest BCUT2D eigenvalue weighted by molar-refractivity contribution is -0.139. The predicted molar refractivity (Wildman–Crippen MR) is 144 cm³/mol. The molecule has 0 fully saturated rings. The zero-order chi connectivity index (χ0) is 29.4. The van der Waals surface area contributed by atoms with Crippen molar-refractivity contribution in [2.75, 3.05) is 6.26 Å². The largest absolute Gasteiger partial charge is 0.480 e. The Kier molecular flexibility index (Phi) is 8.11. The molecule has 4 rings (SSSR count). The third-order valence-corrected chi connectivity index (χ3v) is 7.73. The Morgan fingerprint density at radius 1 is 0.975 bits per heavy atom. The molecule has 2 N–H and O–H groups in total. The van der Waals surface area contributed by atoms with Crippen LogP contribution in [0.3, 0.4) is 0 Å². The molecular formula is C27H19Cl2F3N2O5S. The van der Waals surface area contributed by atoms with Gasteiger partial charge in [-0.1, -0.05) is 35.3 Å². The van der Waals surface area contributed by atoms with Crippen LogP contribution in [-0.4, -0.2) is 42.7 Å². The number of aromatic nitrogens is 1. The molecule has 0 bridgehead atoms. The Bertz CT molecular complexity index is 1760. The smallest absolute Gasteiger partial charge is 0.416 e. The summed E-state index contributed by atoms with van der Waals surface area (Å²) in [5.74, 6) is -2.12. The SMILES string of the molecule is CS(=O)(=O)c1ccc(C(=O)NC(Cc2ccc3nc(-c4cc(C(F)(F)F)ccc4Cl)ccc3c2)C(=O)O)c(Cl)c1. The molecule has 13 heteroatoms. The lowest BCUT2D eigenvalue weighted by Crippen LogP contribution is -2.42. The molecule has 208 valence electrons. The molecule has 3 aromatic carbocycles. The number of carbonyl (C=O) groups is 2. The molecule has 1 aromatic heterocycles. The van der Waals surface area contributed by atoms with Crippen molar-refractivity contribution in [3.63, 3.8) is 0 Å². The van der Waals surface area contributed by atoms with Crippen LogP contribution < -0.4 is 5.32 Å². The number of carbonyl (C=O) groups excluding carboxylic acids is 1. The second-order valence-electron chi connectivity index (χ2n) is 8.90. The van der Waals surface area contributed by atoms with Crippen LogP contribution in [0.2, 0.25) is 10.0 Å². The van der Waals surface area contributed by atoms with E-state index in [0.717, 1.165) is 30.5 Å². The number of rotatable bonds is 7. The first kappa shape index (κ1) is 29.3. The van der Waals surface area contributed by atoms with Crippen LogP contribution in [0.1, 0.15) is 21.5 Å². The number of carboxylic acid groups (broad SMARTS) is 1. The second kappa shape index (κ2) is 11.1. The number of aliphatic carboxylic acids is 1. The maximum atomic E-state index is 13.2. The fourth-order valence-electron chi connectivity index (χ4n) is 3.93. The number of sulfone groups is 1. The summed E-state index contributed by atoms with van der Waals surface area (Å²) < 4.78 is 62.9. The number of nitrogens with one attached hydrogen (secondary N) is 1. The quantitative estimate of drug-likeness (QED) is 0.263. The monoisotopic (exact) mass is 610 g/mol. The van der Waals surface area contributed by atoms with Crippen molar-refractivity contribution < 1.29 is 36.3 Å². The summed E-state index contributed by atoms with van der Waals surface area (Å²) in [7, 11) is -3.56. The zero-order valence-corrected chi connectivity index (χ0v) is 22.8. The number of carboxylic acids is 1. The van der Waals surface area contributed by atoms with E-state index in [1.807, 2.05) is 0 Å². The Labute approximate surface area is 236 Å². The van der Waals surface area contributed by atoms with Gasteiger partial charge in [-0.2, -0.15) is 13.2 Å². The van der Waals surface area contributed by atoms with E-state index in [0.29, 0.717) is 16.5 Å². The summed E-state index contributed by atoms with van der Waals surface area (Å²) in [4.78, 5) is 29.0. The highest BCUT2D eigenvalue weighted by Crippen LogP contribution is 2.36. The number of hydrogen-bond acceptors (Lipinski definition) is 5. The summed E-state index contributed by atoms with van der Waals surface area (Å²) in [5.41, 5.74) is 0.348. The van der Waals surface area contributed by atoms with Gasteiger partial charge in [0, 0.05) is 28.6 Å². The van der Waals surface area contributed by atoms with E-state index < -0.39 is 39.5 Å². The summed E-state index contributed by atoms with van der Waals surface area (Å²) in [5, 5.41) is 12.6. The van der Waals surface area contributed by atoms with Crippen molar-refractivity contribution >= 4 is 55.8 Å².